The van der Waals surface area contributed by atoms with Crippen molar-refractivity contribution >= 4 is 32.6 Å². The van der Waals surface area contributed by atoms with E-state index in [2.05, 4.69) is 27.3 Å². The highest BCUT2D eigenvalue weighted by atomic mass is 79.9. The van der Waals surface area contributed by atoms with Crippen LogP contribution in [0.25, 0.3) is 10.8 Å². The lowest BCUT2D eigenvalue weighted by atomic mass is 9.89. The van der Waals surface area contributed by atoms with Gasteiger partial charge in [-0.2, -0.15) is 0 Å². The minimum atomic E-state index is -0.000216. The van der Waals surface area contributed by atoms with E-state index in [1.165, 1.54) is 0 Å². The number of fused-ring (bicyclic) bond motifs is 1. The molecule has 21 heavy (non-hydrogen) atoms. The molecule has 0 spiro atoms. The normalized spacial score (nSPS) is 21.0. The lowest BCUT2D eigenvalue weighted by molar-refractivity contribution is -0.00862. The molecule has 1 aliphatic carbocycles. The minimum absolute atomic E-state index is 0.000216. The molecule has 0 atom stereocenters. The summed E-state index contributed by atoms with van der Waals surface area (Å²) in [7, 11) is 0. The monoisotopic (exact) mass is 347 g/mol. The first-order valence-corrected chi connectivity index (χ1v) is 8.07. The molecule has 1 N–H and O–H groups in total. The number of ether oxygens (including phenoxy) is 1. The van der Waals surface area contributed by atoms with Crippen molar-refractivity contribution < 1.29 is 9.53 Å². The first kappa shape index (κ1) is 14.5. The van der Waals surface area contributed by atoms with Crippen LogP contribution in [0, 0.1) is 0 Å². The molecule has 1 fully saturated rings. The summed E-state index contributed by atoms with van der Waals surface area (Å²) in [5, 5.41) is 5.27. The molecular weight excluding hydrogens is 330 g/mol. The van der Waals surface area contributed by atoms with Gasteiger partial charge in [0.2, 0.25) is 0 Å². The maximum atomic E-state index is 12.3. The number of amides is 1. The van der Waals surface area contributed by atoms with Gasteiger partial charge in [-0.1, -0.05) is 28.1 Å². The number of hydrogen-bond donors (Lipinski definition) is 1. The molecule has 3 rings (SSSR count). The van der Waals surface area contributed by atoms with E-state index in [0.29, 0.717) is 11.7 Å². The van der Waals surface area contributed by atoms with E-state index in [0.717, 1.165) is 34.7 Å². The van der Waals surface area contributed by atoms with E-state index in [-0.39, 0.29) is 11.9 Å². The fourth-order valence-corrected chi connectivity index (χ4v) is 3.06. The van der Waals surface area contributed by atoms with E-state index in [1.807, 2.05) is 37.3 Å². The summed E-state index contributed by atoms with van der Waals surface area (Å²) in [6, 6.07) is 12.1. The first-order chi connectivity index (χ1) is 10.2. The van der Waals surface area contributed by atoms with Crippen molar-refractivity contribution in [1.82, 2.24) is 5.32 Å². The van der Waals surface area contributed by atoms with Crippen LogP contribution in [-0.4, -0.2) is 24.7 Å². The molecule has 1 amide bonds. The molecule has 0 radical (unpaired) electrons. The predicted octanol–water partition coefficient (Wildman–Crippen LogP) is 3.90. The zero-order valence-electron chi connectivity index (χ0n) is 11.9. The molecule has 0 aliphatic heterocycles. The van der Waals surface area contributed by atoms with Crippen LogP contribution in [0.4, 0.5) is 0 Å². The van der Waals surface area contributed by atoms with Gasteiger partial charge < -0.3 is 10.1 Å². The summed E-state index contributed by atoms with van der Waals surface area (Å²) in [6.07, 6.45) is 2.15. The number of hydrogen-bond acceptors (Lipinski definition) is 2. The number of nitrogens with one attached hydrogen (secondary N) is 1. The maximum absolute atomic E-state index is 12.3. The molecule has 3 nitrogen and oxygen atoms in total. The Balaban J connectivity index is 1.66. The number of rotatable bonds is 4. The fourth-order valence-electron chi connectivity index (χ4n) is 2.68. The average Bonchev–Trinajstić information content (AvgIpc) is 2.44. The largest absolute Gasteiger partial charge is 0.378 e. The zero-order chi connectivity index (χ0) is 14.8. The van der Waals surface area contributed by atoms with Gasteiger partial charge in [0.05, 0.1) is 6.10 Å². The molecule has 0 bridgehead atoms. The van der Waals surface area contributed by atoms with Crippen molar-refractivity contribution in [1.29, 1.82) is 0 Å². The highest BCUT2D eigenvalue weighted by Gasteiger charge is 2.30. The van der Waals surface area contributed by atoms with Crippen molar-refractivity contribution in [2.24, 2.45) is 0 Å². The van der Waals surface area contributed by atoms with E-state index in [4.69, 9.17) is 4.74 Å². The van der Waals surface area contributed by atoms with Crippen molar-refractivity contribution in [3.05, 3.63) is 46.4 Å². The molecular formula is C17H18BrNO2. The number of halogens is 1. The van der Waals surface area contributed by atoms with Crippen molar-refractivity contribution in [3.63, 3.8) is 0 Å². The molecule has 2 aromatic rings. The quantitative estimate of drug-likeness (QED) is 0.910. The van der Waals surface area contributed by atoms with Crippen molar-refractivity contribution in [3.8, 4) is 0 Å². The standard InChI is InChI=1S/C17H18BrNO2/c1-2-21-16-9-15(10-16)19-17(20)13-4-3-12-8-14(18)6-5-11(12)7-13/h3-8,15-16H,2,9-10H2,1H3,(H,19,20). The minimum Gasteiger partial charge on any atom is -0.378 e. The highest BCUT2D eigenvalue weighted by Crippen LogP contribution is 2.24. The molecule has 2 aromatic carbocycles. The second kappa shape index (κ2) is 6.16. The summed E-state index contributed by atoms with van der Waals surface area (Å²) >= 11 is 3.46. The van der Waals surface area contributed by atoms with E-state index >= 15 is 0 Å². The lowest BCUT2D eigenvalue weighted by Gasteiger charge is -2.35. The summed E-state index contributed by atoms with van der Waals surface area (Å²) < 4.78 is 6.55. The summed E-state index contributed by atoms with van der Waals surface area (Å²) in [4.78, 5) is 12.3. The molecule has 0 heterocycles. The van der Waals surface area contributed by atoms with Gasteiger partial charge in [-0.05, 0) is 54.8 Å². The molecule has 110 valence electrons. The Bertz CT molecular complexity index is 665. The maximum Gasteiger partial charge on any atom is 0.251 e. The first-order valence-electron chi connectivity index (χ1n) is 7.27. The van der Waals surface area contributed by atoms with Gasteiger partial charge in [0.25, 0.3) is 5.91 Å². The third-order valence-corrected chi connectivity index (χ3v) is 4.39. The van der Waals surface area contributed by atoms with Crippen LogP contribution < -0.4 is 5.32 Å². The Kier molecular flexibility index (Phi) is 4.27. The van der Waals surface area contributed by atoms with Gasteiger partial charge in [-0.3, -0.25) is 4.79 Å². The van der Waals surface area contributed by atoms with Crippen molar-refractivity contribution in [2.75, 3.05) is 6.61 Å². The van der Waals surface area contributed by atoms with Crippen LogP contribution in [0.15, 0.2) is 40.9 Å². The van der Waals surface area contributed by atoms with Crippen LogP contribution in [0.1, 0.15) is 30.1 Å². The Morgan fingerprint density at radius 1 is 1.24 bits per heavy atom. The van der Waals surface area contributed by atoms with Crippen LogP contribution in [-0.2, 0) is 4.74 Å². The van der Waals surface area contributed by atoms with E-state index in [9.17, 15) is 4.79 Å². The average molecular weight is 348 g/mol. The Morgan fingerprint density at radius 3 is 2.71 bits per heavy atom. The Labute approximate surface area is 132 Å². The van der Waals surface area contributed by atoms with Gasteiger partial charge in [0, 0.05) is 22.7 Å². The van der Waals surface area contributed by atoms with Gasteiger partial charge >= 0.3 is 0 Å². The molecule has 0 unspecified atom stereocenters. The number of carbonyl (C=O) groups excluding carboxylic acids is 1. The Hall–Kier alpha value is -1.39. The zero-order valence-corrected chi connectivity index (χ0v) is 13.5. The lowest BCUT2D eigenvalue weighted by Crippen LogP contribution is -2.47. The summed E-state index contributed by atoms with van der Waals surface area (Å²) in [5.74, 6) is -0.000216. The predicted molar refractivity (Wildman–Crippen MR) is 87.6 cm³/mol. The second-order valence-corrected chi connectivity index (χ2v) is 6.34. The molecule has 1 aliphatic rings. The third-order valence-electron chi connectivity index (χ3n) is 3.90. The van der Waals surface area contributed by atoms with Crippen LogP contribution in [0.5, 0.6) is 0 Å². The Morgan fingerprint density at radius 2 is 1.95 bits per heavy atom. The van der Waals surface area contributed by atoms with Crippen LogP contribution in [0.2, 0.25) is 0 Å². The van der Waals surface area contributed by atoms with Gasteiger partial charge in [0.15, 0.2) is 0 Å². The summed E-state index contributed by atoms with van der Waals surface area (Å²) in [5.41, 5.74) is 0.713. The fraction of sp³-hybridized carbons (Fsp3) is 0.353. The SMILES string of the molecule is CCOC1CC(NC(=O)c2ccc3cc(Br)ccc3c2)C1. The molecule has 4 heteroatoms. The topological polar surface area (TPSA) is 38.3 Å². The van der Waals surface area contributed by atoms with Gasteiger partial charge in [0.1, 0.15) is 0 Å². The van der Waals surface area contributed by atoms with E-state index in [1.54, 1.807) is 0 Å². The van der Waals surface area contributed by atoms with Crippen molar-refractivity contribution in [2.45, 2.75) is 31.9 Å². The molecule has 0 aromatic heterocycles. The van der Waals surface area contributed by atoms with Crippen LogP contribution >= 0.6 is 15.9 Å². The third kappa shape index (κ3) is 3.27. The van der Waals surface area contributed by atoms with Gasteiger partial charge in [-0.15, -0.1) is 0 Å². The summed E-state index contributed by atoms with van der Waals surface area (Å²) in [6.45, 7) is 2.74. The molecule has 0 saturated heterocycles. The smallest absolute Gasteiger partial charge is 0.251 e. The van der Waals surface area contributed by atoms with Gasteiger partial charge in [-0.25, -0.2) is 0 Å². The van der Waals surface area contributed by atoms with E-state index < -0.39 is 0 Å². The number of benzene rings is 2. The molecule has 1 saturated carbocycles. The van der Waals surface area contributed by atoms with Crippen LogP contribution in [0.3, 0.4) is 0 Å². The second-order valence-electron chi connectivity index (χ2n) is 5.43. The number of carbonyl (C=O) groups is 1. The highest BCUT2D eigenvalue weighted by molar-refractivity contribution is 9.10.